The van der Waals surface area contributed by atoms with Crippen molar-refractivity contribution >= 4 is 22.6 Å². The van der Waals surface area contributed by atoms with Crippen molar-refractivity contribution in [1.29, 1.82) is 0 Å². The van der Waals surface area contributed by atoms with Crippen molar-refractivity contribution in [2.45, 2.75) is 6.54 Å². The molecule has 0 aliphatic carbocycles. The van der Waals surface area contributed by atoms with E-state index in [1.54, 1.807) is 36.8 Å². The number of benzene rings is 1. The molecule has 3 aromatic heterocycles. The molecule has 4 rings (SSSR count). The number of fused-ring (bicyclic) bond motifs is 1. The number of furan rings is 1. The molecule has 1 N–H and O–H groups in total. The summed E-state index contributed by atoms with van der Waals surface area (Å²) in [5, 5.41) is 3.62. The van der Waals surface area contributed by atoms with Gasteiger partial charge in [-0.2, -0.15) is 0 Å². The zero-order chi connectivity index (χ0) is 17.9. The minimum absolute atomic E-state index is 0.157. The molecule has 1 amide bonds. The molecule has 0 atom stereocenters. The van der Waals surface area contributed by atoms with Crippen LogP contribution in [0.15, 0.2) is 82.4 Å². The minimum Gasteiger partial charge on any atom is -0.451 e. The molecule has 3 heterocycles. The number of hydrogen-bond acceptors (Lipinski definition) is 4. The number of carbonyl (C=O) groups excluding carboxylic acids is 1. The van der Waals surface area contributed by atoms with Gasteiger partial charge in [0.2, 0.25) is 0 Å². The monoisotopic (exact) mass is 345 g/mol. The lowest BCUT2D eigenvalue weighted by molar-refractivity contribution is 0.0998. The second-order valence-electron chi connectivity index (χ2n) is 5.85. The molecule has 0 bridgehead atoms. The number of aromatic nitrogens is 2. The van der Waals surface area contributed by atoms with Gasteiger partial charge >= 0.3 is 0 Å². The van der Waals surface area contributed by atoms with Crippen LogP contribution in [0.2, 0.25) is 0 Å². The summed E-state index contributed by atoms with van der Waals surface area (Å²) < 4.78 is 7.08. The summed E-state index contributed by atoms with van der Waals surface area (Å²) in [7, 11) is 0. The summed E-state index contributed by atoms with van der Waals surface area (Å²) in [5.74, 6) is -0.149. The molecule has 6 heteroatoms. The molecule has 0 radical (unpaired) electrons. The van der Waals surface area contributed by atoms with Crippen LogP contribution >= 0.6 is 0 Å². The molecule has 1 aromatic carbocycles. The third-order valence-corrected chi connectivity index (χ3v) is 3.97. The maximum Gasteiger partial charge on any atom is 0.291 e. The number of anilines is 1. The Kier molecular flexibility index (Phi) is 4.07. The van der Waals surface area contributed by atoms with Crippen molar-refractivity contribution in [3.05, 3.63) is 94.9 Å². The molecule has 4 aromatic rings. The molecule has 0 aliphatic heterocycles. The van der Waals surface area contributed by atoms with Crippen LogP contribution in [0.25, 0.3) is 11.0 Å². The van der Waals surface area contributed by atoms with Crippen LogP contribution in [0.4, 0.5) is 5.69 Å². The Balaban J connectivity index is 1.57. The Hall–Kier alpha value is -3.67. The van der Waals surface area contributed by atoms with Crippen LogP contribution in [-0.2, 0) is 6.54 Å². The van der Waals surface area contributed by atoms with Crippen molar-refractivity contribution in [3.8, 4) is 0 Å². The first-order chi connectivity index (χ1) is 12.7. The summed E-state index contributed by atoms with van der Waals surface area (Å²) in [6.45, 7) is 0.376. The molecule has 0 saturated heterocycles. The van der Waals surface area contributed by atoms with Crippen LogP contribution in [0.1, 0.15) is 16.1 Å². The van der Waals surface area contributed by atoms with Crippen LogP contribution in [0.5, 0.6) is 0 Å². The zero-order valence-electron chi connectivity index (χ0n) is 13.8. The lowest BCUT2D eigenvalue weighted by Crippen LogP contribution is -2.21. The molecule has 0 aliphatic rings. The number of rotatable bonds is 4. The van der Waals surface area contributed by atoms with Crippen molar-refractivity contribution in [3.63, 3.8) is 0 Å². The second kappa shape index (κ2) is 6.68. The summed E-state index contributed by atoms with van der Waals surface area (Å²) in [5.41, 5.74) is 1.91. The number of para-hydroxylation sites is 1. The van der Waals surface area contributed by atoms with Gasteiger partial charge in [-0.1, -0.05) is 24.3 Å². The molecule has 0 fully saturated rings. The predicted octanol–water partition coefficient (Wildman–Crippen LogP) is 3.29. The van der Waals surface area contributed by atoms with Crippen LogP contribution in [0.3, 0.4) is 0 Å². The highest BCUT2D eigenvalue weighted by Gasteiger charge is 2.13. The van der Waals surface area contributed by atoms with E-state index in [9.17, 15) is 9.59 Å². The van der Waals surface area contributed by atoms with Gasteiger partial charge in [0.25, 0.3) is 11.5 Å². The van der Waals surface area contributed by atoms with E-state index in [-0.39, 0.29) is 17.2 Å². The van der Waals surface area contributed by atoms with E-state index < -0.39 is 0 Å². The van der Waals surface area contributed by atoms with Crippen LogP contribution in [-0.4, -0.2) is 15.5 Å². The predicted molar refractivity (Wildman–Crippen MR) is 98.2 cm³/mol. The van der Waals surface area contributed by atoms with Crippen LogP contribution < -0.4 is 10.9 Å². The maximum atomic E-state index is 12.4. The molecule has 6 nitrogen and oxygen atoms in total. The van der Waals surface area contributed by atoms with E-state index in [1.807, 2.05) is 30.3 Å². The zero-order valence-corrected chi connectivity index (χ0v) is 13.8. The topological polar surface area (TPSA) is 77.1 Å². The fourth-order valence-corrected chi connectivity index (χ4v) is 2.70. The van der Waals surface area contributed by atoms with Gasteiger partial charge in [-0.15, -0.1) is 0 Å². The van der Waals surface area contributed by atoms with Crippen molar-refractivity contribution in [1.82, 2.24) is 9.55 Å². The quantitative estimate of drug-likeness (QED) is 0.616. The summed E-state index contributed by atoms with van der Waals surface area (Å²) in [6.07, 6.45) is 4.98. The van der Waals surface area contributed by atoms with Gasteiger partial charge in [0, 0.05) is 30.0 Å². The number of hydrogen-bond donors (Lipinski definition) is 1. The first-order valence-electron chi connectivity index (χ1n) is 8.08. The van der Waals surface area contributed by atoms with E-state index in [0.29, 0.717) is 17.8 Å². The third kappa shape index (κ3) is 3.25. The van der Waals surface area contributed by atoms with Gasteiger partial charge in [0.1, 0.15) is 5.58 Å². The van der Waals surface area contributed by atoms with Gasteiger partial charge in [0.15, 0.2) is 5.76 Å². The smallest absolute Gasteiger partial charge is 0.291 e. The summed E-state index contributed by atoms with van der Waals surface area (Å²) in [6, 6.07) is 15.8. The Morgan fingerprint density at radius 3 is 2.81 bits per heavy atom. The lowest BCUT2D eigenvalue weighted by atomic mass is 10.2. The van der Waals surface area contributed by atoms with E-state index >= 15 is 0 Å². The summed E-state index contributed by atoms with van der Waals surface area (Å²) in [4.78, 5) is 28.5. The van der Waals surface area contributed by atoms with Gasteiger partial charge in [0.05, 0.1) is 12.2 Å². The van der Waals surface area contributed by atoms with Gasteiger partial charge in [-0.3, -0.25) is 14.6 Å². The van der Waals surface area contributed by atoms with Crippen molar-refractivity contribution in [2.75, 3.05) is 5.32 Å². The Morgan fingerprint density at radius 1 is 1.12 bits per heavy atom. The first kappa shape index (κ1) is 15.8. The second-order valence-corrected chi connectivity index (χ2v) is 5.85. The first-order valence-corrected chi connectivity index (χ1v) is 8.08. The number of nitrogens with zero attached hydrogens (tertiary/aromatic N) is 2. The average molecular weight is 345 g/mol. The summed E-state index contributed by atoms with van der Waals surface area (Å²) >= 11 is 0. The SMILES string of the molecule is O=C(Nc1ccc(=O)n(Cc2cccnc2)c1)c1cc2ccccc2o1. The lowest BCUT2D eigenvalue weighted by Gasteiger charge is -2.09. The molecule has 0 spiro atoms. The van der Waals surface area contributed by atoms with Gasteiger partial charge in [-0.25, -0.2) is 0 Å². The van der Waals surface area contributed by atoms with Gasteiger partial charge < -0.3 is 14.3 Å². The third-order valence-electron chi connectivity index (χ3n) is 3.97. The van der Waals surface area contributed by atoms with Gasteiger partial charge in [-0.05, 0) is 29.8 Å². The largest absolute Gasteiger partial charge is 0.451 e. The maximum absolute atomic E-state index is 12.4. The van der Waals surface area contributed by atoms with E-state index in [1.165, 1.54) is 10.6 Å². The van der Waals surface area contributed by atoms with E-state index in [2.05, 4.69) is 10.3 Å². The molecule has 0 unspecified atom stereocenters. The number of amides is 1. The number of nitrogens with one attached hydrogen (secondary N) is 1. The minimum atomic E-state index is -0.368. The fraction of sp³-hybridized carbons (Fsp3) is 0.0500. The number of pyridine rings is 2. The standard InChI is InChI=1S/C20H15N3O3/c24-19-8-7-16(13-23(19)12-14-4-3-9-21-11-14)22-20(25)18-10-15-5-1-2-6-17(15)26-18/h1-11,13H,12H2,(H,22,25). The number of carbonyl (C=O) groups is 1. The van der Waals surface area contributed by atoms with Crippen molar-refractivity contribution in [2.24, 2.45) is 0 Å². The highest BCUT2D eigenvalue weighted by atomic mass is 16.3. The normalized spacial score (nSPS) is 10.8. The Bertz CT molecular complexity index is 1100. The molecule has 0 saturated carbocycles. The average Bonchev–Trinajstić information content (AvgIpc) is 3.10. The molecule has 26 heavy (non-hydrogen) atoms. The van der Waals surface area contributed by atoms with E-state index in [0.717, 1.165) is 10.9 Å². The molecular formula is C20H15N3O3. The molecular weight excluding hydrogens is 330 g/mol. The van der Waals surface area contributed by atoms with Crippen molar-refractivity contribution < 1.29 is 9.21 Å². The van der Waals surface area contributed by atoms with E-state index in [4.69, 9.17) is 4.42 Å². The molecule has 128 valence electrons. The van der Waals surface area contributed by atoms with Crippen LogP contribution in [0, 0.1) is 0 Å². The highest BCUT2D eigenvalue weighted by Crippen LogP contribution is 2.19. The Morgan fingerprint density at radius 2 is 2.00 bits per heavy atom. The Labute approximate surface area is 148 Å². The fourth-order valence-electron chi connectivity index (χ4n) is 2.70. The highest BCUT2D eigenvalue weighted by molar-refractivity contribution is 6.04.